The molecule has 4 rings (SSSR count). The number of aromatic nitrogens is 1. The van der Waals surface area contributed by atoms with Gasteiger partial charge in [0.05, 0.1) is 21.7 Å². The Bertz CT molecular complexity index is 1600. The predicted molar refractivity (Wildman–Crippen MR) is 140 cm³/mol. The van der Waals surface area contributed by atoms with Crippen molar-refractivity contribution < 1.29 is 22.7 Å². The molecule has 1 aromatic heterocycles. The molecular weight excluding hydrogens is 498 g/mol. The van der Waals surface area contributed by atoms with Gasteiger partial charge in [-0.2, -0.15) is 4.99 Å². The van der Waals surface area contributed by atoms with Crippen LogP contribution in [0.25, 0.3) is 10.2 Å². The molecule has 0 atom stereocenters. The van der Waals surface area contributed by atoms with Crippen LogP contribution in [0.4, 0.5) is 5.69 Å². The van der Waals surface area contributed by atoms with Crippen molar-refractivity contribution in [2.75, 3.05) is 11.3 Å². The third kappa shape index (κ3) is 5.55. The van der Waals surface area contributed by atoms with Gasteiger partial charge in [0.15, 0.2) is 4.80 Å². The SMILES string of the molecule is CCOC(=O)Cn1c(=NC(=O)c2ccc(NS(=O)(=O)c3ccccc3)cc2)sc2cc(C)c(C)cc21. The van der Waals surface area contributed by atoms with E-state index in [0.29, 0.717) is 10.5 Å². The molecule has 0 fully saturated rings. The highest BCUT2D eigenvalue weighted by Gasteiger charge is 2.16. The van der Waals surface area contributed by atoms with Crippen molar-refractivity contribution in [1.29, 1.82) is 0 Å². The Labute approximate surface area is 212 Å². The highest BCUT2D eigenvalue weighted by atomic mass is 32.2. The number of hydrogen-bond acceptors (Lipinski definition) is 6. The summed E-state index contributed by atoms with van der Waals surface area (Å²) in [5.41, 5.74) is 3.56. The van der Waals surface area contributed by atoms with Crippen LogP contribution in [0.2, 0.25) is 0 Å². The number of thiazole rings is 1. The fourth-order valence-electron chi connectivity index (χ4n) is 3.54. The highest BCUT2D eigenvalue weighted by Crippen LogP contribution is 2.22. The van der Waals surface area contributed by atoms with E-state index in [1.165, 1.54) is 47.7 Å². The summed E-state index contributed by atoms with van der Waals surface area (Å²) < 4.78 is 35.3. The van der Waals surface area contributed by atoms with Gasteiger partial charge in [0.1, 0.15) is 6.54 Å². The summed E-state index contributed by atoms with van der Waals surface area (Å²) in [7, 11) is -3.74. The standard InChI is InChI=1S/C26H25N3O5S2/c1-4-34-24(30)16-29-22-14-17(2)18(3)15-23(22)35-26(29)27-25(31)19-10-12-20(13-11-19)28-36(32,33)21-8-6-5-7-9-21/h5-15,28H,4,16H2,1-3H3. The molecule has 1 N–H and O–H groups in total. The van der Waals surface area contributed by atoms with Gasteiger partial charge in [-0.3, -0.25) is 14.3 Å². The molecular formula is C26H25N3O5S2. The number of fused-ring (bicyclic) bond motifs is 1. The van der Waals surface area contributed by atoms with Crippen molar-refractivity contribution in [2.24, 2.45) is 4.99 Å². The van der Waals surface area contributed by atoms with Gasteiger partial charge < -0.3 is 9.30 Å². The molecule has 8 nitrogen and oxygen atoms in total. The van der Waals surface area contributed by atoms with Crippen LogP contribution in [-0.4, -0.2) is 31.5 Å². The monoisotopic (exact) mass is 523 g/mol. The summed E-state index contributed by atoms with van der Waals surface area (Å²) in [5, 5.41) is 0. The molecule has 0 aliphatic carbocycles. The molecule has 0 aliphatic rings. The summed E-state index contributed by atoms with van der Waals surface area (Å²) in [5.74, 6) is -0.926. The fourth-order valence-corrected chi connectivity index (χ4v) is 5.73. The second kappa shape index (κ2) is 10.5. The maximum atomic E-state index is 13.0. The number of carbonyl (C=O) groups is 2. The van der Waals surface area contributed by atoms with E-state index >= 15 is 0 Å². The van der Waals surface area contributed by atoms with Gasteiger partial charge in [-0.25, -0.2) is 8.42 Å². The first-order chi connectivity index (χ1) is 17.2. The lowest BCUT2D eigenvalue weighted by Gasteiger charge is -2.08. The zero-order chi connectivity index (χ0) is 25.9. The van der Waals surface area contributed by atoms with Gasteiger partial charge in [-0.05, 0) is 80.4 Å². The number of rotatable bonds is 7. The number of sulfonamides is 1. The van der Waals surface area contributed by atoms with Gasteiger partial charge in [0.2, 0.25) is 0 Å². The zero-order valence-corrected chi connectivity index (χ0v) is 21.7. The number of amides is 1. The molecule has 10 heteroatoms. The number of benzene rings is 3. The topological polar surface area (TPSA) is 107 Å². The minimum absolute atomic E-state index is 0.0668. The summed E-state index contributed by atoms with van der Waals surface area (Å²) in [6, 6.07) is 18.0. The quantitative estimate of drug-likeness (QED) is 0.361. The Morgan fingerprint density at radius 1 is 1.00 bits per heavy atom. The molecule has 1 heterocycles. The van der Waals surface area contributed by atoms with Crippen molar-refractivity contribution in [3.8, 4) is 0 Å². The number of ether oxygens (including phenoxy) is 1. The predicted octanol–water partition coefficient (Wildman–Crippen LogP) is 4.42. The first kappa shape index (κ1) is 25.3. The molecule has 4 aromatic rings. The zero-order valence-electron chi connectivity index (χ0n) is 20.0. The number of nitrogens with zero attached hydrogens (tertiary/aromatic N) is 2. The number of carbonyl (C=O) groups excluding carboxylic acids is 2. The van der Waals surface area contributed by atoms with E-state index in [4.69, 9.17) is 4.74 Å². The second-order valence-corrected chi connectivity index (χ2v) is 10.8. The van der Waals surface area contributed by atoms with Crippen molar-refractivity contribution in [3.05, 3.63) is 88.2 Å². The minimum atomic E-state index is -3.74. The van der Waals surface area contributed by atoms with Crippen LogP contribution in [0.3, 0.4) is 0 Å². The van der Waals surface area contributed by atoms with E-state index in [1.807, 2.05) is 26.0 Å². The van der Waals surface area contributed by atoms with E-state index < -0.39 is 21.9 Å². The second-order valence-electron chi connectivity index (χ2n) is 8.09. The van der Waals surface area contributed by atoms with Crippen LogP contribution in [0.15, 0.2) is 76.6 Å². The average molecular weight is 524 g/mol. The van der Waals surface area contributed by atoms with Gasteiger partial charge in [0, 0.05) is 11.3 Å². The summed E-state index contributed by atoms with van der Waals surface area (Å²) >= 11 is 1.31. The molecule has 0 bridgehead atoms. The smallest absolute Gasteiger partial charge is 0.326 e. The summed E-state index contributed by atoms with van der Waals surface area (Å²) in [6.45, 7) is 5.91. The molecule has 186 valence electrons. The van der Waals surface area contributed by atoms with Crippen LogP contribution in [0, 0.1) is 13.8 Å². The Morgan fingerprint density at radius 2 is 1.67 bits per heavy atom. The first-order valence-corrected chi connectivity index (χ1v) is 13.5. The largest absolute Gasteiger partial charge is 0.465 e. The Morgan fingerprint density at radius 3 is 2.33 bits per heavy atom. The molecule has 36 heavy (non-hydrogen) atoms. The Hall–Kier alpha value is -3.76. The van der Waals surface area contributed by atoms with Crippen molar-refractivity contribution in [1.82, 2.24) is 4.57 Å². The molecule has 0 unspecified atom stereocenters. The Kier molecular flexibility index (Phi) is 7.37. The number of nitrogens with one attached hydrogen (secondary N) is 1. The van der Waals surface area contributed by atoms with Gasteiger partial charge in [0.25, 0.3) is 15.9 Å². The lowest BCUT2D eigenvalue weighted by molar-refractivity contribution is -0.143. The van der Waals surface area contributed by atoms with Crippen molar-refractivity contribution in [2.45, 2.75) is 32.2 Å². The maximum Gasteiger partial charge on any atom is 0.326 e. The van der Waals surface area contributed by atoms with E-state index in [0.717, 1.165) is 21.3 Å². The lowest BCUT2D eigenvalue weighted by atomic mass is 10.1. The van der Waals surface area contributed by atoms with Crippen molar-refractivity contribution in [3.63, 3.8) is 0 Å². The summed E-state index contributed by atoms with van der Waals surface area (Å²) in [4.78, 5) is 30.0. The average Bonchev–Trinajstić information content (AvgIpc) is 3.15. The first-order valence-electron chi connectivity index (χ1n) is 11.2. The number of esters is 1. The maximum absolute atomic E-state index is 13.0. The molecule has 0 radical (unpaired) electrons. The van der Waals surface area contributed by atoms with Crippen LogP contribution in [0.1, 0.15) is 28.4 Å². The van der Waals surface area contributed by atoms with Gasteiger partial charge in [-0.1, -0.05) is 29.5 Å². The van der Waals surface area contributed by atoms with E-state index in [2.05, 4.69) is 9.71 Å². The minimum Gasteiger partial charge on any atom is -0.465 e. The normalized spacial score (nSPS) is 12.0. The molecule has 0 spiro atoms. The molecule has 0 aliphatic heterocycles. The van der Waals surface area contributed by atoms with Crippen LogP contribution in [-0.2, 0) is 26.1 Å². The van der Waals surface area contributed by atoms with E-state index in [-0.39, 0.29) is 23.6 Å². The third-order valence-electron chi connectivity index (χ3n) is 5.53. The molecule has 1 amide bonds. The summed E-state index contributed by atoms with van der Waals surface area (Å²) in [6.07, 6.45) is 0. The van der Waals surface area contributed by atoms with Crippen LogP contribution >= 0.6 is 11.3 Å². The van der Waals surface area contributed by atoms with Gasteiger partial charge in [-0.15, -0.1) is 0 Å². The number of hydrogen-bond donors (Lipinski definition) is 1. The molecule has 0 saturated heterocycles. The van der Waals surface area contributed by atoms with E-state index in [9.17, 15) is 18.0 Å². The van der Waals surface area contributed by atoms with Crippen LogP contribution in [0.5, 0.6) is 0 Å². The fraction of sp³-hybridized carbons (Fsp3) is 0.192. The van der Waals surface area contributed by atoms with Crippen molar-refractivity contribution >= 4 is 49.1 Å². The molecule has 0 saturated carbocycles. The Balaban J connectivity index is 1.65. The van der Waals surface area contributed by atoms with Gasteiger partial charge >= 0.3 is 5.97 Å². The number of aryl methyl sites for hydroxylation is 2. The third-order valence-corrected chi connectivity index (χ3v) is 7.96. The van der Waals surface area contributed by atoms with E-state index in [1.54, 1.807) is 29.7 Å². The van der Waals surface area contributed by atoms with Crippen LogP contribution < -0.4 is 9.52 Å². The highest BCUT2D eigenvalue weighted by molar-refractivity contribution is 7.92. The lowest BCUT2D eigenvalue weighted by Crippen LogP contribution is -2.23. The number of anilines is 1. The molecule has 3 aromatic carbocycles.